The number of hydrogen-bond acceptors (Lipinski definition) is 8. The standard InChI is InChI=1S/C32H41N3O7/c1-23-12-13-27(17-26(23)19-33-22-36)40-16-14-24-11-8-15-35(20-24)29(37)18-28(30(38)42-32(2,3)4)34-31(39)41-21-25-9-6-5-7-10-25/h5-7,9-10,12-13,17,24,28H,8,11,14-16,18-21H2,1-4H3,(H,34,39)/t24?,28-/m0/s1. The molecule has 0 saturated carbocycles. The average Bonchev–Trinajstić information content (AvgIpc) is 2.95. The van der Waals surface area contributed by atoms with Crippen LogP contribution in [0.1, 0.15) is 63.1 Å². The van der Waals surface area contributed by atoms with Gasteiger partial charge in [0.25, 0.3) is 0 Å². The number of ether oxygens (including phenoxy) is 3. The van der Waals surface area contributed by atoms with Crippen LogP contribution in [-0.4, -0.2) is 60.3 Å². The largest absolute Gasteiger partial charge is 0.494 e. The molecule has 2 atom stereocenters. The highest BCUT2D eigenvalue weighted by molar-refractivity contribution is 5.88. The van der Waals surface area contributed by atoms with Gasteiger partial charge in [-0.05, 0) is 81.7 Å². The van der Waals surface area contributed by atoms with Crippen molar-refractivity contribution in [2.24, 2.45) is 10.9 Å². The highest BCUT2D eigenvalue weighted by Gasteiger charge is 2.32. The fourth-order valence-corrected chi connectivity index (χ4v) is 4.67. The number of aliphatic imine (C=N–C) groups is 1. The lowest BCUT2D eigenvalue weighted by Crippen LogP contribution is -2.49. The van der Waals surface area contributed by atoms with Gasteiger partial charge in [0.15, 0.2) is 0 Å². The summed E-state index contributed by atoms with van der Waals surface area (Å²) in [5, 5.41) is 2.53. The third kappa shape index (κ3) is 11.0. The molecule has 2 aromatic rings. The van der Waals surface area contributed by atoms with E-state index in [-0.39, 0.29) is 31.4 Å². The summed E-state index contributed by atoms with van der Waals surface area (Å²) < 4.78 is 16.7. The van der Waals surface area contributed by atoms with Gasteiger partial charge in [0.05, 0.1) is 19.6 Å². The van der Waals surface area contributed by atoms with E-state index in [0.717, 1.165) is 36.0 Å². The van der Waals surface area contributed by atoms with Crippen molar-refractivity contribution in [1.82, 2.24) is 10.2 Å². The lowest BCUT2D eigenvalue weighted by Gasteiger charge is -2.34. The van der Waals surface area contributed by atoms with Crippen molar-refractivity contribution >= 4 is 24.0 Å². The lowest BCUT2D eigenvalue weighted by molar-refractivity contribution is -0.159. The second kappa shape index (κ2) is 15.7. The van der Waals surface area contributed by atoms with Gasteiger partial charge in [0.1, 0.15) is 24.0 Å². The van der Waals surface area contributed by atoms with Gasteiger partial charge in [-0.1, -0.05) is 36.4 Å². The fraction of sp³-hybridized carbons (Fsp3) is 0.500. The number of aryl methyl sites for hydroxylation is 1. The smallest absolute Gasteiger partial charge is 0.408 e. The first-order chi connectivity index (χ1) is 20.0. The third-order valence-corrected chi connectivity index (χ3v) is 6.88. The Hall–Kier alpha value is -4.17. The minimum Gasteiger partial charge on any atom is -0.494 e. The van der Waals surface area contributed by atoms with Gasteiger partial charge in [-0.2, -0.15) is 0 Å². The molecule has 2 amide bonds. The maximum atomic E-state index is 13.3. The van der Waals surface area contributed by atoms with E-state index in [4.69, 9.17) is 14.2 Å². The summed E-state index contributed by atoms with van der Waals surface area (Å²) >= 11 is 0. The number of nitrogens with one attached hydrogen (secondary N) is 1. The number of benzene rings is 2. The van der Waals surface area contributed by atoms with Gasteiger partial charge < -0.3 is 24.4 Å². The number of nitrogens with zero attached hydrogens (tertiary/aromatic N) is 2. The molecule has 0 aliphatic carbocycles. The molecule has 2 aromatic carbocycles. The van der Waals surface area contributed by atoms with Gasteiger partial charge in [-0.3, -0.25) is 4.79 Å². The van der Waals surface area contributed by atoms with Gasteiger partial charge >= 0.3 is 12.1 Å². The van der Waals surface area contributed by atoms with Crippen LogP contribution in [0.3, 0.4) is 0 Å². The van der Waals surface area contributed by atoms with Crippen molar-refractivity contribution in [2.45, 2.75) is 78.2 Å². The van der Waals surface area contributed by atoms with Gasteiger partial charge in [0, 0.05) is 13.1 Å². The Bertz CT molecular complexity index is 1250. The number of amides is 2. The molecule has 0 bridgehead atoms. The number of carbonyl (C=O) groups is 3. The molecule has 226 valence electrons. The molecule has 1 aliphatic rings. The predicted molar refractivity (Wildman–Crippen MR) is 156 cm³/mol. The molecule has 1 N–H and O–H groups in total. The monoisotopic (exact) mass is 579 g/mol. The minimum absolute atomic E-state index is 0.0358. The molecular formula is C32H41N3O7. The summed E-state index contributed by atoms with van der Waals surface area (Å²) in [6.45, 7) is 9.01. The Balaban J connectivity index is 1.54. The highest BCUT2D eigenvalue weighted by Crippen LogP contribution is 2.23. The Labute approximate surface area is 247 Å². The van der Waals surface area contributed by atoms with E-state index < -0.39 is 23.7 Å². The quantitative estimate of drug-likeness (QED) is 0.216. The normalized spacial score (nSPS) is 15.6. The van der Waals surface area contributed by atoms with Crippen molar-refractivity contribution in [3.63, 3.8) is 0 Å². The van der Waals surface area contributed by atoms with E-state index in [1.54, 1.807) is 31.8 Å². The molecule has 10 nitrogen and oxygen atoms in total. The number of likely N-dealkylation sites (tertiary alicyclic amines) is 1. The molecule has 1 unspecified atom stereocenters. The summed E-state index contributed by atoms with van der Waals surface area (Å²) in [7, 11) is 0. The van der Waals surface area contributed by atoms with Crippen molar-refractivity contribution in [3.8, 4) is 5.75 Å². The van der Waals surface area contributed by atoms with E-state index in [9.17, 15) is 19.2 Å². The van der Waals surface area contributed by atoms with Crippen LogP contribution in [0.5, 0.6) is 5.75 Å². The SMILES string of the molecule is Cc1ccc(OCCC2CCCN(C(=O)C[C@H](NC(=O)OCc3ccccc3)C(=O)OC(C)(C)C)C2)cc1CN=C=O. The number of carbonyl (C=O) groups excluding carboxylic acids is 4. The zero-order valence-corrected chi connectivity index (χ0v) is 24.9. The van der Waals surface area contributed by atoms with Crippen LogP contribution in [-0.2, 0) is 37.0 Å². The molecule has 42 heavy (non-hydrogen) atoms. The number of esters is 1. The van der Waals surface area contributed by atoms with Gasteiger partial charge in [-0.25, -0.2) is 19.4 Å². The Kier molecular flexibility index (Phi) is 12.1. The van der Waals surface area contributed by atoms with E-state index in [2.05, 4.69) is 10.3 Å². The van der Waals surface area contributed by atoms with E-state index in [1.165, 1.54) is 0 Å². The maximum Gasteiger partial charge on any atom is 0.408 e. The van der Waals surface area contributed by atoms with Crippen molar-refractivity contribution < 1.29 is 33.4 Å². The van der Waals surface area contributed by atoms with Crippen molar-refractivity contribution in [1.29, 1.82) is 0 Å². The lowest BCUT2D eigenvalue weighted by atomic mass is 9.94. The number of isocyanates is 1. The number of piperidine rings is 1. The molecule has 3 rings (SSSR count). The first kappa shape index (κ1) is 32.3. The van der Waals surface area contributed by atoms with Crippen molar-refractivity contribution in [3.05, 3.63) is 65.2 Å². The zero-order valence-electron chi connectivity index (χ0n) is 24.9. The predicted octanol–water partition coefficient (Wildman–Crippen LogP) is 4.87. The second-order valence-electron chi connectivity index (χ2n) is 11.5. The fourth-order valence-electron chi connectivity index (χ4n) is 4.67. The van der Waals surface area contributed by atoms with Crippen LogP contribution in [0.25, 0.3) is 0 Å². The first-order valence-corrected chi connectivity index (χ1v) is 14.3. The first-order valence-electron chi connectivity index (χ1n) is 14.3. The summed E-state index contributed by atoms with van der Waals surface area (Å²) in [4.78, 5) is 54.6. The maximum absolute atomic E-state index is 13.3. The molecule has 1 heterocycles. The highest BCUT2D eigenvalue weighted by atomic mass is 16.6. The van der Waals surface area contributed by atoms with Crippen LogP contribution in [0.15, 0.2) is 53.5 Å². The van der Waals surface area contributed by atoms with Crippen LogP contribution in [0.4, 0.5) is 4.79 Å². The van der Waals surface area contributed by atoms with E-state index in [0.29, 0.717) is 25.4 Å². The number of alkyl carbamates (subject to hydrolysis) is 1. The van der Waals surface area contributed by atoms with Gasteiger partial charge in [-0.15, -0.1) is 0 Å². The summed E-state index contributed by atoms with van der Waals surface area (Å²) in [6.07, 6.45) is 3.07. The minimum atomic E-state index is -1.18. The van der Waals surface area contributed by atoms with Crippen LogP contribution in [0, 0.1) is 12.8 Å². The molecule has 1 fully saturated rings. The molecule has 10 heteroatoms. The average molecular weight is 580 g/mol. The molecule has 1 saturated heterocycles. The molecular weight excluding hydrogens is 538 g/mol. The Morgan fingerprint density at radius 2 is 1.90 bits per heavy atom. The second-order valence-corrected chi connectivity index (χ2v) is 11.5. The Morgan fingerprint density at radius 3 is 2.62 bits per heavy atom. The number of rotatable bonds is 12. The molecule has 1 aliphatic heterocycles. The van der Waals surface area contributed by atoms with E-state index in [1.807, 2.05) is 55.5 Å². The van der Waals surface area contributed by atoms with Gasteiger partial charge in [0.2, 0.25) is 12.0 Å². The molecule has 0 spiro atoms. The number of hydrogen-bond donors (Lipinski definition) is 1. The Morgan fingerprint density at radius 1 is 1.14 bits per heavy atom. The van der Waals surface area contributed by atoms with Crippen LogP contribution in [0.2, 0.25) is 0 Å². The third-order valence-electron chi connectivity index (χ3n) is 6.88. The molecule has 0 radical (unpaired) electrons. The van der Waals surface area contributed by atoms with E-state index >= 15 is 0 Å². The van der Waals surface area contributed by atoms with Crippen LogP contribution < -0.4 is 10.1 Å². The topological polar surface area (TPSA) is 124 Å². The zero-order chi connectivity index (χ0) is 30.5. The van der Waals surface area contributed by atoms with Crippen molar-refractivity contribution in [2.75, 3.05) is 19.7 Å². The summed E-state index contributed by atoms with van der Waals surface area (Å²) in [5.41, 5.74) is 1.94. The summed E-state index contributed by atoms with van der Waals surface area (Å²) in [6, 6.07) is 13.7. The van der Waals surface area contributed by atoms with Crippen LogP contribution >= 0.6 is 0 Å². The summed E-state index contributed by atoms with van der Waals surface area (Å²) in [5.74, 6) is 0.00596. The molecule has 0 aromatic heterocycles.